The van der Waals surface area contributed by atoms with Gasteiger partial charge < -0.3 is 0 Å². The molecule has 8 heteroatoms. The van der Waals surface area contributed by atoms with E-state index < -0.39 is 23.5 Å². The van der Waals surface area contributed by atoms with Crippen molar-refractivity contribution in [2.45, 2.75) is 12.4 Å². The van der Waals surface area contributed by atoms with E-state index in [2.05, 4.69) is 5.10 Å². The van der Waals surface area contributed by atoms with E-state index in [0.29, 0.717) is 11.3 Å². The smallest absolute Gasteiger partial charge is 0.267 e. The Labute approximate surface area is 144 Å². The lowest BCUT2D eigenvalue weighted by molar-refractivity contribution is -0.138. The normalized spacial score (nSPS) is 12.4. The number of benzene rings is 2. The van der Waals surface area contributed by atoms with Crippen molar-refractivity contribution in [2.75, 3.05) is 0 Å². The van der Waals surface area contributed by atoms with Crippen LogP contribution in [0.5, 0.6) is 0 Å². The largest absolute Gasteiger partial charge is 0.416 e. The quantitative estimate of drug-likeness (QED) is 0.522. The van der Waals surface area contributed by atoms with Crippen molar-refractivity contribution >= 4 is 0 Å². The number of rotatable bonds is 2. The second kappa shape index (κ2) is 6.19. The van der Waals surface area contributed by atoms with Gasteiger partial charge in [0.05, 0.1) is 23.0 Å². The molecule has 0 saturated carbocycles. The van der Waals surface area contributed by atoms with Crippen molar-refractivity contribution in [2.24, 2.45) is 7.05 Å². The molecule has 0 unspecified atom stereocenters. The SMILES string of the molecule is Cn1ncc(-c2cccc(C(F)(F)F)c2)c1-c1cccc(C(F)(F)F)c1. The van der Waals surface area contributed by atoms with E-state index >= 15 is 0 Å². The topological polar surface area (TPSA) is 17.8 Å². The van der Waals surface area contributed by atoms with Crippen molar-refractivity contribution in [3.05, 3.63) is 65.9 Å². The van der Waals surface area contributed by atoms with Crippen LogP contribution in [0, 0.1) is 0 Å². The van der Waals surface area contributed by atoms with Crippen LogP contribution < -0.4 is 0 Å². The van der Waals surface area contributed by atoms with E-state index in [1.165, 1.54) is 42.2 Å². The number of nitrogens with zero attached hydrogens (tertiary/aromatic N) is 2. The summed E-state index contributed by atoms with van der Waals surface area (Å²) in [6.45, 7) is 0. The fraction of sp³-hybridized carbons (Fsp3) is 0.167. The fourth-order valence-electron chi connectivity index (χ4n) is 2.70. The van der Waals surface area contributed by atoms with Crippen LogP contribution in [0.25, 0.3) is 22.4 Å². The van der Waals surface area contributed by atoms with E-state index in [9.17, 15) is 26.3 Å². The maximum Gasteiger partial charge on any atom is 0.416 e. The van der Waals surface area contributed by atoms with Gasteiger partial charge in [0, 0.05) is 18.2 Å². The van der Waals surface area contributed by atoms with Gasteiger partial charge >= 0.3 is 12.4 Å². The number of alkyl halides is 6. The highest BCUT2D eigenvalue weighted by Gasteiger charge is 2.32. The van der Waals surface area contributed by atoms with Gasteiger partial charge in [-0.1, -0.05) is 24.3 Å². The maximum absolute atomic E-state index is 13.0. The first-order valence-corrected chi connectivity index (χ1v) is 7.44. The third-order valence-corrected chi connectivity index (χ3v) is 3.90. The molecule has 26 heavy (non-hydrogen) atoms. The summed E-state index contributed by atoms with van der Waals surface area (Å²) < 4.78 is 79.1. The maximum atomic E-state index is 13.0. The van der Waals surface area contributed by atoms with Gasteiger partial charge in [0.25, 0.3) is 0 Å². The molecule has 0 amide bonds. The van der Waals surface area contributed by atoms with Crippen molar-refractivity contribution in [1.82, 2.24) is 9.78 Å². The lowest BCUT2D eigenvalue weighted by Gasteiger charge is -2.12. The van der Waals surface area contributed by atoms with Crippen LogP contribution in [0.15, 0.2) is 54.7 Å². The summed E-state index contributed by atoms with van der Waals surface area (Å²) in [5.74, 6) is 0. The monoisotopic (exact) mass is 370 g/mol. The molecule has 136 valence electrons. The Kier molecular flexibility index (Phi) is 4.29. The van der Waals surface area contributed by atoms with Crippen molar-refractivity contribution < 1.29 is 26.3 Å². The molecule has 0 saturated heterocycles. The molecule has 0 aliphatic heterocycles. The summed E-state index contributed by atoms with van der Waals surface area (Å²) in [7, 11) is 1.52. The van der Waals surface area contributed by atoms with Gasteiger partial charge in [-0.15, -0.1) is 0 Å². The van der Waals surface area contributed by atoms with Crippen LogP contribution in [-0.2, 0) is 19.4 Å². The van der Waals surface area contributed by atoms with Gasteiger partial charge in [0.2, 0.25) is 0 Å². The summed E-state index contributed by atoms with van der Waals surface area (Å²) in [5.41, 5.74) is -0.624. The second-order valence-corrected chi connectivity index (χ2v) is 5.69. The van der Waals surface area contributed by atoms with E-state index in [1.54, 1.807) is 0 Å². The summed E-state index contributed by atoms with van der Waals surface area (Å²) in [6, 6.07) is 9.20. The predicted molar refractivity (Wildman–Crippen MR) is 84.1 cm³/mol. The third kappa shape index (κ3) is 3.44. The Morgan fingerprint density at radius 1 is 0.769 bits per heavy atom. The average molecular weight is 370 g/mol. The van der Waals surface area contributed by atoms with E-state index in [1.807, 2.05) is 0 Å². The Morgan fingerprint density at radius 3 is 1.81 bits per heavy atom. The summed E-state index contributed by atoms with van der Waals surface area (Å²) in [4.78, 5) is 0. The fourth-order valence-corrected chi connectivity index (χ4v) is 2.70. The lowest BCUT2D eigenvalue weighted by atomic mass is 9.98. The van der Waals surface area contributed by atoms with Crippen LogP contribution >= 0.6 is 0 Å². The Morgan fingerprint density at radius 2 is 1.27 bits per heavy atom. The summed E-state index contributed by atoms with van der Waals surface area (Å²) in [6.07, 6.45) is -7.70. The van der Waals surface area contributed by atoms with Crippen LogP contribution in [0.4, 0.5) is 26.3 Å². The zero-order valence-electron chi connectivity index (χ0n) is 13.4. The van der Waals surface area contributed by atoms with E-state index in [-0.39, 0.29) is 11.1 Å². The van der Waals surface area contributed by atoms with Crippen LogP contribution in [0.1, 0.15) is 11.1 Å². The van der Waals surface area contributed by atoms with Crippen LogP contribution in [0.3, 0.4) is 0 Å². The molecule has 1 aromatic heterocycles. The van der Waals surface area contributed by atoms with Gasteiger partial charge in [-0.25, -0.2) is 0 Å². The molecule has 3 aromatic rings. The zero-order valence-corrected chi connectivity index (χ0v) is 13.4. The van der Waals surface area contributed by atoms with Gasteiger partial charge in [-0.2, -0.15) is 31.4 Å². The van der Waals surface area contributed by atoms with Gasteiger partial charge in [0.1, 0.15) is 0 Å². The molecule has 0 radical (unpaired) electrons. The number of aromatic nitrogens is 2. The first-order valence-electron chi connectivity index (χ1n) is 7.44. The highest BCUT2D eigenvalue weighted by atomic mass is 19.4. The number of hydrogen-bond donors (Lipinski definition) is 0. The molecule has 2 aromatic carbocycles. The van der Waals surface area contributed by atoms with Crippen molar-refractivity contribution in [3.8, 4) is 22.4 Å². The minimum atomic E-state index is -4.52. The molecule has 0 aliphatic carbocycles. The second-order valence-electron chi connectivity index (χ2n) is 5.69. The number of aryl methyl sites for hydroxylation is 1. The molecule has 1 heterocycles. The van der Waals surface area contributed by atoms with Crippen molar-refractivity contribution in [1.29, 1.82) is 0 Å². The van der Waals surface area contributed by atoms with Crippen molar-refractivity contribution in [3.63, 3.8) is 0 Å². The molecular weight excluding hydrogens is 358 g/mol. The third-order valence-electron chi connectivity index (χ3n) is 3.90. The van der Waals surface area contributed by atoms with Crippen LogP contribution in [-0.4, -0.2) is 9.78 Å². The van der Waals surface area contributed by atoms with Crippen LogP contribution in [0.2, 0.25) is 0 Å². The molecule has 2 nitrogen and oxygen atoms in total. The first kappa shape index (κ1) is 18.0. The number of halogens is 6. The van der Waals surface area contributed by atoms with E-state index in [4.69, 9.17) is 0 Å². The predicted octanol–water partition coefficient (Wildman–Crippen LogP) is 5.79. The summed E-state index contributed by atoms with van der Waals surface area (Å²) >= 11 is 0. The lowest BCUT2D eigenvalue weighted by Crippen LogP contribution is -2.05. The zero-order chi connectivity index (χ0) is 19.1. The van der Waals surface area contributed by atoms with Gasteiger partial charge in [-0.05, 0) is 29.8 Å². The standard InChI is InChI=1S/C18H12F6N2/c1-26-16(12-5-3-7-14(9-12)18(22,23)24)15(10-25-26)11-4-2-6-13(8-11)17(19,20)21/h2-10H,1H3. The van der Waals surface area contributed by atoms with Gasteiger partial charge in [0.15, 0.2) is 0 Å². The van der Waals surface area contributed by atoms with Gasteiger partial charge in [-0.3, -0.25) is 4.68 Å². The summed E-state index contributed by atoms with van der Waals surface area (Å²) in [5, 5.41) is 4.01. The Hall–Kier alpha value is -2.77. The highest BCUT2D eigenvalue weighted by molar-refractivity contribution is 5.81. The highest BCUT2D eigenvalue weighted by Crippen LogP contribution is 2.37. The minimum Gasteiger partial charge on any atom is -0.267 e. The number of hydrogen-bond acceptors (Lipinski definition) is 1. The Balaban J connectivity index is 2.15. The molecule has 0 N–H and O–H groups in total. The van der Waals surface area contributed by atoms with E-state index in [0.717, 1.165) is 24.3 Å². The minimum absolute atomic E-state index is 0.215. The molecule has 0 fully saturated rings. The first-order chi connectivity index (χ1) is 12.1. The molecule has 3 rings (SSSR count). The molecule has 0 bridgehead atoms. The Bertz CT molecular complexity index is 937. The average Bonchev–Trinajstić information content (AvgIpc) is 2.95. The molecular formula is C18H12F6N2. The molecule has 0 atom stereocenters. The molecule has 0 aliphatic rings. The molecule has 0 spiro atoms.